The lowest BCUT2D eigenvalue weighted by Crippen LogP contribution is -2.03. The SMILES string of the molecule is CCCc1c(C)c(=O)[nH]n1C. The Morgan fingerprint density at radius 2 is 2.18 bits per heavy atom. The number of hydrogen-bond donors (Lipinski definition) is 1. The van der Waals surface area contributed by atoms with Crippen LogP contribution < -0.4 is 5.56 Å². The molecule has 0 aromatic carbocycles. The first-order chi connectivity index (χ1) is 5.16. The van der Waals surface area contributed by atoms with Gasteiger partial charge in [0, 0.05) is 18.3 Å². The maximum absolute atomic E-state index is 11.1. The quantitative estimate of drug-likeness (QED) is 0.677. The topological polar surface area (TPSA) is 37.8 Å². The first kappa shape index (κ1) is 8.11. The minimum Gasteiger partial charge on any atom is -0.292 e. The molecule has 0 fully saturated rings. The Balaban J connectivity index is 3.12. The van der Waals surface area contributed by atoms with Crippen molar-refractivity contribution in [2.75, 3.05) is 0 Å². The molecule has 0 unspecified atom stereocenters. The molecule has 0 saturated heterocycles. The molecule has 0 spiro atoms. The molecule has 0 aliphatic carbocycles. The summed E-state index contributed by atoms with van der Waals surface area (Å²) in [5.41, 5.74) is 2.02. The molecule has 62 valence electrons. The second-order valence-corrected chi connectivity index (χ2v) is 2.82. The smallest absolute Gasteiger partial charge is 0.267 e. The predicted octanol–water partition coefficient (Wildman–Crippen LogP) is 0.974. The van der Waals surface area contributed by atoms with Crippen LogP contribution in [0.25, 0.3) is 0 Å². The van der Waals surface area contributed by atoms with E-state index in [-0.39, 0.29) is 5.56 Å². The minimum absolute atomic E-state index is 0.0379. The minimum atomic E-state index is 0.0379. The Kier molecular flexibility index (Phi) is 2.17. The van der Waals surface area contributed by atoms with E-state index in [4.69, 9.17) is 0 Å². The fourth-order valence-corrected chi connectivity index (χ4v) is 1.28. The van der Waals surface area contributed by atoms with E-state index >= 15 is 0 Å². The number of H-pyrrole nitrogens is 1. The summed E-state index contributed by atoms with van der Waals surface area (Å²) in [6, 6.07) is 0. The van der Waals surface area contributed by atoms with Gasteiger partial charge in [0.25, 0.3) is 5.56 Å². The van der Waals surface area contributed by atoms with Gasteiger partial charge in [-0.05, 0) is 13.3 Å². The normalized spacial score (nSPS) is 10.5. The number of aryl methyl sites for hydroxylation is 1. The van der Waals surface area contributed by atoms with E-state index < -0.39 is 0 Å². The van der Waals surface area contributed by atoms with Crippen molar-refractivity contribution in [2.24, 2.45) is 7.05 Å². The first-order valence-corrected chi connectivity index (χ1v) is 3.91. The molecular formula is C8H14N2O. The summed E-state index contributed by atoms with van der Waals surface area (Å²) in [7, 11) is 1.87. The summed E-state index contributed by atoms with van der Waals surface area (Å²) in [6.07, 6.45) is 2.05. The van der Waals surface area contributed by atoms with Crippen molar-refractivity contribution < 1.29 is 0 Å². The summed E-state index contributed by atoms with van der Waals surface area (Å²) >= 11 is 0. The van der Waals surface area contributed by atoms with Gasteiger partial charge in [-0.25, -0.2) is 0 Å². The van der Waals surface area contributed by atoms with Gasteiger partial charge in [0.2, 0.25) is 0 Å². The van der Waals surface area contributed by atoms with Gasteiger partial charge in [-0.3, -0.25) is 14.6 Å². The first-order valence-electron chi connectivity index (χ1n) is 3.91. The standard InChI is InChI=1S/C8H14N2O/c1-4-5-7-6(2)8(11)9-10(7)3/h4-5H2,1-3H3,(H,9,11). The molecule has 0 atom stereocenters. The van der Waals surface area contributed by atoms with E-state index in [9.17, 15) is 4.79 Å². The molecule has 11 heavy (non-hydrogen) atoms. The van der Waals surface area contributed by atoms with Crippen LogP contribution in [0.2, 0.25) is 0 Å². The highest BCUT2D eigenvalue weighted by Gasteiger charge is 2.05. The molecule has 0 aliphatic heterocycles. The summed E-state index contributed by atoms with van der Waals surface area (Å²) < 4.78 is 1.81. The molecule has 0 bridgehead atoms. The van der Waals surface area contributed by atoms with Crippen LogP contribution in [-0.4, -0.2) is 9.78 Å². The van der Waals surface area contributed by atoms with Gasteiger partial charge in [-0.15, -0.1) is 0 Å². The van der Waals surface area contributed by atoms with Gasteiger partial charge >= 0.3 is 0 Å². The average molecular weight is 154 g/mol. The van der Waals surface area contributed by atoms with Crippen LogP contribution in [0.15, 0.2) is 4.79 Å². The molecule has 3 heteroatoms. The molecule has 0 saturated carbocycles. The molecule has 1 aromatic rings. The summed E-state index contributed by atoms with van der Waals surface area (Å²) in [4.78, 5) is 11.1. The summed E-state index contributed by atoms with van der Waals surface area (Å²) in [5.74, 6) is 0. The Bertz CT molecular complexity index is 296. The molecule has 0 amide bonds. The van der Waals surface area contributed by atoms with Gasteiger partial charge in [0.05, 0.1) is 0 Å². The highest BCUT2D eigenvalue weighted by Crippen LogP contribution is 2.03. The molecular weight excluding hydrogens is 140 g/mol. The average Bonchev–Trinajstić information content (AvgIpc) is 2.17. The lowest BCUT2D eigenvalue weighted by Gasteiger charge is -1.99. The van der Waals surface area contributed by atoms with Crippen LogP contribution in [0, 0.1) is 6.92 Å². The highest BCUT2D eigenvalue weighted by atomic mass is 16.1. The lowest BCUT2D eigenvalue weighted by molar-refractivity contribution is 0.691. The van der Waals surface area contributed by atoms with Crippen molar-refractivity contribution in [1.29, 1.82) is 0 Å². The largest absolute Gasteiger partial charge is 0.292 e. The Morgan fingerprint density at radius 3 is 2.55 bits per heavy atom. The maximum Gasteiger partial charge on any atom is 0.267 e. The van der Waals surface area contributed by atoms with Crippen LogP contribution in [0.4, 0.5) is 0 Å². The van der Waals surface area contributed by atoms with E-state index in [0.717, 1.165) is 24.1 Å². The molecule has 3 nitrogen and oxygen atoms in total. The second kappa shape index (κ2) is 2.95. The van der Waals surface area contributed by atoms with Crippen LogP contribution in [0.3, 0.4) is 0 Å². The van der Waals surface area contributed by atoms with E-state index in [0.29, 0.717) is 0 Å². The van der Waals surface area contributed by atoms with Gasteiger partial charge in [0.15, 0.2) is 0 Å². The number of aromatic nitrogens is 2. The Morgan fingerprint density at radius 1 is 1.55 bits per heavy atom. The second-order valence-electron chi connectivity index (χ2n) is 2.82. The van der Waals surface area contributed by atoms with Crippen molar-refractivity contribution in [3.05, 3.63) is 21.6 Å². The maximum atomic E-state index is 11.1. The van der Waals surface area contributed by atoms with Crippen LogP contribution in [0.1, 0.15) is 24.6 Å². The monoisotopic (exact) mass is 154 g/mol. The highest BCUT2D eigenvalue weighted by molar-refractivity contribution is 5.15. The molecule has 0 aliphatic rings. The number of nitrogens with zero attached hydrogens (tertiary/aromatic N) is 1. The van der Waals surface area contributed by atoms with E-state index in [2.05, 4.69) is 12.0 Å². The van der Waals surface area contributed by atoms with Gasteiger partial charge in [0.1, 0.15) is 0 Å². The number of nitrogens with one attached hydrogen (secondary N) is 1. The van der Waals surface area contributed by atoms with Crippen LogP contribution in [0.5, 0.6) is 0 Å². The molecule has 1 N–H and O–H groups in total. The van der Waals surface area contributed by atoms with Gasteiger partial charge in [-0.2, -0.15) is 0 Å². The van der Waals surface area contributed by atoms with E-state index in [1.807, 2.05) is 14.0 Å². The number of hydrogen-bond acceptors (Lipinski definition) is 1. The zero-order chi connectivity index (χ0) is 8.43. The molecule has 1 aromatic heterocycles. The predicted molar refractivity (Wildman–Crippen MR) is 44.8 cm³/mol. The van der Waals surface area contributed by atoms with Gasteiger partial charge in [-0.1, -0.05) is 13.3 Å². The zero-order valence-electron chi connectivity index (χ0n) is 7.27. The Hall–Kier alpha value is -0.990. The van der Waals surface area contributed by atoms with Crippen LogP contribution >= 0.6 is 0 Å². The third-order valence-corrected chi connectivity index (χ3v) is 1.93. The zero-order valence-corrected chi connectivity index (χ0v) is 7.27. The van der Waals surface area contributed by atoms with Gasteiger partial charge < -0.3 is 0 Å². The lowest BCUT2D eigenvalue weighted by atomic mass is 10.2. The number of aromatic amines is 1. The van der Waals surface area contributed by atoms with Crippen molar-refractivity contribution >= 4 is 0 Å². The van der Waals surface area contributed by atoms with E-state index in [1.165, 1.54) is 0 Å². The van der Waals surface area contributed by atoms with Crippen molar-refractivity contribution in [2.45, 2.75) is 26.7 Å². The molecule has 1 rings (SSSR count). The number of rotatable bonds is 2. The van der Waals surface area contributed by atoms with E-state index in [1.54, 1.807) is 4.68 Å². The molecule has 0 radical (unpaired) electrons. The molecule has 1 heterocycles. The Labute approximate surface area is 66.0 Å². The van der Waals surface area contributed by atoms with Crippen molar-refractivity contribution in [3.8, 4) is 0 Å². The summed E-state index contributed by atoms with van der Waals surface area (Å²) in [6.45, 7) is 3.97. The van der Waals surface area contributed by atoms with Crippen molar-refractivity contribution in [3.63, 3.8) is 0 Å². The fourth-order valence-electron chi connectivity index (χ4n) is 1.28. The van der Waals surface area contributed by atoms with Crippen LogP contribution in [-0.2, 0) is 13.5 Å². The summed E-state index contributed by atoms with van der Waals surface area (Å²) in [5, 5.41) is 2.72. The third kappa shape index (κ3) is 1.37. The third-order valence-electron chi connectivity index (χ3n) is 1.93. The van der Waals surface area contributed by atoms with Crippen molar-refractivity contribution in [1.82, 2.24) is 9.78 Å². The fraction of sp³-hybridized carbons (Fsp3) is 0.625.